The summed E-state index contributed by atoms with van der Waals surface area (Å²) in [4.78, 5) is -0.710. The monoisotopic (exact) mass is 699 g/mol. The number of nitrogens with zero attached hydrogens (tertiary/aromatic N) is 4. The molecule has 0 bridgehead atoms. The first-order valence-corrected chi connectivity index (χ1v) is 16.3. The second-order valence-electron chi connectivity index (χ2n) is 10.1. The largest absolute Gasteiger partial charge is 0.505 e. The van der Waals surface area contributed by atoms with Crippen LogP contribution in [0.2, 0.25) is 0 Å². The van der Waals surface area contributed by atoms with Crippen LogP contribution in [0.25, 0.3) is 32.7 Å². The number of hydrogen-bond donors (Lipinski definition) is 4. The Kier molecular flexibility index (Phi) is 11.6. The molecule has 16 heteroatoms. The Morgan fingerprint density at radius 2 is 0.875 bits per heavy atom. The van der Waals surface area contributed by atoms with Gasteiger partial charge in [-0.3, -0.25) is 9.11 Å². The van der Waals surface area contributed by atoms with Crippen LogP contribution in [0.5, 0.6) is 5.75 Å². The molecule has 0 aliphatic carbocycles. The van der Waals surface area contributed by atoms with E-state index in [1.54, 1.807) is 72.8 Å². The van der Waals surface area contributed by atoms with Crippen LogP contribution >= 0.6 is 0 Å². The molecule has 0 amide bonds. The number of benzene rings is 6. The van der Waals surface area contributed by atoms with Crippen molar-refractivity contribution in [3.63, 3.8) is 0 Å². The van der Waals surface area contributed by atoms with Crippen LogP contribution in [0.1, 0.15) is 0 Å². The number of azo groups is 2. The van der Waals surface area contributed by atoms with Gasteiger partial charge in [0.1, 0.15) is 21.2 Å². The summed E-state index contributed by atoms with van der Waals surface area (Å²) in [7, 11) is -9.13. The van der Waals surface area contributed by atoms with Crippen LogP contribution < -0.4 is 5.73 Å². The van der Waals surface area contributed by atoms with E-state index in [0.717, 1.165) is 17.2 Å². The van der Waals surface area contributed by atoms with E-state index >= 15 is 0 Å². The molecule has 48 heavy (non-hydrogen) atoms. The molecule has 0 aromatic heterocycles. The fourth-order valence-electron chi connectivity index (χ4n) is 4.91. The molecule has 0 unspecified atom stereocenters. The SMILES string of the molecule is Nc1c(N=Nc2ccc(-c3ccc(N=Nc4cc(S(=O)(=O)O)c5ccccc5c4O)cc3)cc2)cc(S(=O)(=O)O)c2ccccc12.[Na].[Na]. The third kappa shape index (κ3) is 7.84. The molecule has 0 aliphatic heterocycles. The van der Waals surface area contributed by atoms with Gasteiger partial charge in [-0.25, -0.2) is 0 Å². The first-order chi connectivity index (χ1) is 21.9. The molecule has 0 fully saturated rings. The number of phenolic OH excluding ortho intramolecular Hbond substituents is 1. The zero-order chi connectivity index (χ0) is 32.6. The molecular formula is C32H23N5Na2O7S2. The molecule has 0 aliphatic rings. The van der Waals surface area contributed by atoms with Crippen molar-refractivity contribution in [3.05, 3.63) is 109 Å². The van der Waals surface area contributed by atoms with Crippen LogP contribution in [0.3, 0.4) is 0 Å². The summed E-state index contributed by atoms with van der Waals surface area (Å²) in [6.07, 6.45) is 0. The molecule has 0 saturated heterocycles. The Labute approximate surface area is 319 Å². The molecule has 6 aromatic carbocycles. The second-order valence-corrected chi connectivity index (χ2v) is 12.9. The summed E-state index contributed by atoms with van der Waals surface area (Å²) in [5.41, 5.74) is 8.97. The minimum absolute atomic E-state index is 0. The van der Waals surface area contributed by atoms with Gasteiger partial charge in [-0.05, 0) is 47.5 Å². The number of nitrogen functional groups attached to an aromatic ring is 1. The number of nitrogens with two attached hydrogens (primary N) is 1. The number of aromatic hydroxyl groups is 1. The fraction of sp³-hybridized carbons (Fsp3) is 0. The molecule has 12 nitrogen and oxygen atoms in total. The van der Waals surface area contributed by atoms with E-state index in [2.05, 4.69) is 20.5 Å². The van der Waals surface area contributed by atoms with Crippen molar-refractivity contribution < 1.29 is 31.0 Å². The third-order valence-corrected chi connectivity index (χ3v) is 8.94. The number of fused-ring (bicyclic) bond motifs is 2. The van der Waals surface area contributed by atoms with E-state index in [9.17, 15) is 31.0 Å². The zero-order valence-electron chi connectivity index (χ0n) is 25.5. The van der Waals surface area contributed by atoms with E-state index < -0.39 is 25.1 Å². The van der Waals surface area contributed by atoms with E-state index in [-0.39, 0.29) is 103 Å². The van der Waals surface area contributed by atoms with Crippen LogP contribution in [0, 0.1) is 0 Å². The van der Waals surface area contributed by atoms with Gasteiger partial charge in [-0.2, -0.15) is 27.1 Å². The molecule has 6 aromatic rings. The molecule has 0 saturated carbocycles. The molecule has 232 valence electrons. The van der Waals surface area contributed by atoms with E-state index in [1.165, 1.54) is 18.2 Å². The summed E-state index contributed by atoms with van der Waals surface area (Å²) >= 11 is 0. The number of phenols is 1. The molecule has 5 N–H and O–H groups in total. The maximum Gasteiger partial charge on any atom is 0.295 e. The average Bonchev–Trinajstić information content (AvgIpc) is 3.04. The maximum absolute atomic E-state index is 12.0. The summed E-state index contributed by atoms with van der Waals surface area (Å²) < 4.78 is 67.2. The standard InChI is InChI=1S/C32H23N5O7S2.2Na/c33-31-25-7-3-1-5-23(25)29(45(39,40)41)17-27(31)36-34-21-13-9-19(10-14-21)20-11-15-22(16-12-20)35-37-28-18-30(46(42,43)44)24-6-2-4-8-26(24)32(28)38;;/h1-18,38H,33H2,(H,39,40,41)(H,42,43,44);;. The molecule has 0 heterocycles. The van der Waals surface area contributed by atoms with Gasteiger partial charge in [0.15, 0.2) is 5.75 Å². The average molecular weight is 700 g/mol. The normalized spacial score (nSPS) is 12.0. The minimum Gasteiger partial charge on any atom is -0.505 e. The predicted octanol–water partition coefficient (Wildman–Crippen LogP) is 7.51. The van der Waals surface area contributed by atoms with Crippen molar-refractivity contribution in [1.29, 1.82) is 0 Å². The first-order valence-electron chi connectivity index (χ1n) is 13.4. The smallest absolute Gasteiger partial charge is 0.295 e. The van der Waals surface area contributed by atoms with Crippen molar-refractivity contribution in [2.75, 3.05) is 5.73 Å². The van der Waals surface area contributed by atoms with Gasteiger partial charge < -0.3 is 10.8 Å². The Balaban J connectivity index is 0.00000260. The van der Waals surface area contributed by atoms with Gasteiger partial charge in [-0.1, -0.05) is 72.8 Å². The number of rotatable bonds is 7. The maximum atomic E-state index is 12.0. The second kappa shape index (κ2) is 14.9. The fourth-order valence-corrected chi connectivity index (χ4v) is 6.35. The number of hydrogen-bond acceptors (Lipinski definition) is 10. The quantitative estimate of drug-likeness (QED) is 0.0566. The topological polar surface area (TPSA) is 204 Å². The predicted molar refractivity (Wildman–Crippen MR) is 185 cm³/mol. The van der Waals surface area contributed by atoms with Gasteiger partial charge in [-0.15, -0.1) is 10.2 Å². The van der Waals surface area contributed by atoms with Gasteiger partial charge in [0.05, 0.1) is 17.1 Å². The molecule has 0 atom stereocenters. The zero-order valence-corrected chi connectivity index (χ0v) is 31.2. The number of anilines is 1. The van der Waals surface area contributed by atoms with Gasteiger partial charge in [0.2, 0.25) is 0 Å². The molecule has 0 spiro atoms. The Morgan fingerprint density at radius 1 is 0.500 bits per heavy atom. The van der Waals surface area contributed by atoms with Gasteiger partial charge >= 0.3 is 0 Å². The van der Waals surface area contributed by atoms with E-state index in [1.807, 2.05) is 12.1 Å². The van der Waals surface area contributed by atoms with Crippen molar-refractivity contribution in [2.24, 2.45) is 20.5 Å². The van der Waals surface area contributed by atoms with Crippen LogP contribution in [-0.4, -0.2) is 90.2 Å². The van der Waals surface area contributed by atoms with E-state index in [0.29, 0.717) is 16.8 Å². The molecule has 6 rings (SSSR count). The molecule has 2 radical (unpaired) electrons. The summed E-state index contributed by atoms with van der Waals surface area (Å²) in [5, 5.41) is 28.2. The van der Waals surface area contributed by atoms with Crippen molar-refractivity contribution >= 4 is 129 Å². The van der Waals surface area contributed by atoms with Crippen LogP contribution in [-0.2, 0) is 20.2 Å². The van der Waals surface area contributed by atoms with Crippen molar-refractivity contribution in [1.82, 2.24) is 0 Å². The third-order valence-electron chi connectivity index (χ3n) is 7.15. The van der Waals surface area contributed by atoms with E-state index in [4.69, 9.17) is 5.73 Å². The Hall–Kier alpha value is -3.54. The first kappa shape index (κ1) is 37.3. The summed E-state index contributed by atoms with van der Waals surface area (Å²) in [6, 6.07) is 28.9. The Bertz CT molecular complexity index is 2270. The molecular weight excluding hydrogens is 676 g/mol. The van der Waals surface area contributed by atoms with Crippen molar-refractivity contribution in [3.8, 4) is 16.9 Å². The van der Waals surface area contributed by atoms with Crippen LogP contribution in [0.4, 0.5) is 28.4 Å². The minimum atomic E-state index is -4.59. The summed E-state index contributed by atoms with van der Waals surface area (Å²) in [5.74, 6) is -0.275. The van der Waals surface area contributed by atoms with Gasteiger partial charge in [0.25, 0.3) is 20.2 Å². The van der Waals surface area contributed by atoms with Gasteiger partial charge in [0, 0.05) is 80.7 Å². The summed E-state index contributed by atoms with van der Waals surface area (Å²) in [6.45, 7) is 0. The van der Waals surface area contributed by atoms with Crippen LogP contribution in [0.15, 0.2) is 139 Å². The van der Waals surface area contributed by atoms with Crippen molar-refractivity contribution in [2.45, 2.75) is 9.79 Å². The Morgan fingerprint density at radius 3 is 1.33 bits per heavy atom.